The zero-order valence-electron chi connectivity index (χ0n) is 12.0. The Morgan fingerprint density at radius 2 is 2.05 bits per heavy atom. The van der Waals surface area contributed by atoms with Crippen molar-refractivity contribution in [3.05, 3.63) is 58.5 Å². The first-order valence-electron chi connectivity index (χ1n) is 6.98. The zero-order valence-corrected chi connectivity index (χ0v) is 13.6. The molecular weight excluding hydrogens is 328 g/mol. The number of hydrogen-bond acceptors (Lipinski definition) is 3. The van der Waals surface area contributed by atoms with Gasteiger partial charge in [0.2, 0.25) is 0 Å². The van der Waals surface area contributed by atoms with Crippen molar-refractivity contribution in [2.24, 2.45) is 0 Å². The number of benzene rings is 1. The van der Waals surface area contributed by atoms with Gasteiger partial charge in [-0.05, 0) is 42.0 Å². The molecule has 0 spiro atoms. The van der Waals surface area contributed by atoms with Crippen molar-refractivity contribution in [3.63, 3.8) is 0 Å². The average Bonchev–Trinajstić information content (AvgIpc) is 2.89. The number of fused-ring (bicyclic) bond motifs is 1. The van der Waals surface area contributed by atoms with Crippen LogP contribution in [0.3, 0.4) is 0 Å². The molecule has 3 rings (SSSR count). The highest BCUT2D eigenvalue weighted by Crippen LogP contribution is 2.28. The second-order valence-corrected chi connectivity index (χ2v) is 5.70. The van der Waals surface area contributed by atoms with Crippen LogP contribution in [0.1, 0.15) is 24.4 Å². The van der Waals surface area contributed by atoms with Crippen molar-refractivity contribution in [1.29, 1.82) is 0 Å². The molecule has 21 heavy (non-hydrogen) atoms. The van der Waals surface area contributed by atoms with E-state index in [4.69, 9.17) is 4.98 Å². The van der Waals surface area contributed by atoms with E-state index in [0.717, 1.165) is 33.3 Å². The number of pyridine rings is 1. The minimum absolute atomic E-state index is 0.00595. The molecule has 1 unspecified atom stereocenters. The second kappa shape index (κ2) is 5.95. The molecule has 0 radical (unpaired) electrons. The summed E-state index contributed by atoms with van der Waals surface area (Å²) >= 11 is 3.60. The maximum absolute atomic E-state index is 4.79. The molecule has 0 aliphatic heterocycles. The summed E-state index contributed by atoms with van der Waals surface area (Å²) in [6, 6.07) is 12.4. The van der Waals surface area contributed by atoms with Crippen molar-refractivity contribution < 1.29 is 0 Å². The average molecular weight is 345 g/mol. The van der Waals surface area contributed by atoms with E-state index < -0.39 is 0 Å². The molecule has 0 saturated heterocycles. The largest absolute Gasteiger partial charge is 0.307 e. The van der Waals surface area contributed by atoms with E-state index in [0.29, 0.717) is 0 Å². The fourth-order valence-corrected chi connectivity index (χ4v) is 3.10. The van der Waals surface area contributed by atoms with Crippen molar-refractivity contribution in [1.82, 2.24) is 20.1 Å². The van der Waals surface area contributed by atoms with Gasteiger partial charge in [0.15, 0.2) is 0 Å². The standard InChI is InChI=1S/C16H17BrN4/c1-3-21-16(12(17)10-19-21)15(18-2)14-9-8-11-6-4-5-7-13(11)20-14/h4-10,15,18H,3H2,1-2H3. The molecule has 2 aromatic heterocycles. The number of nitrogens with one attached hydrogen (secondary N) is 1. The van der Waals surface area contributed by atoms with Gasteiger partial charge in [-0.15, -0.1) is 0 Å². The molecule has 0 aliphatic rings. The fraction of sp³-hybridized carbons (Fsp3) is 0.250. The van der Waals surface area contributed by atoms with Crippen LogP contribution in [-0.4, -0.2) is 21.8 Å². The molecule has 108 valence electrons. The lowest BCUT2D eigenvalue weighted by Crippen LogP contribution is -2.22. The topological polar surface area (TPSA) is 42.7 Å². The summed E-state index contributed by atoms with van der Waals surface area (Å²) in [5, 5.41) is 8.89. The smallest absolute Gasteiger partial charge is 0.0931 e. The molecule has 0 fully saturated rings. The highest BCUT2D eigenvalue weighted by atomic mass is 79.9. The van der Waals surface area contributed by atoms with Crippen LogP contribution >= 0.6 is 15.9 Å². The minimum Gasteiger partial charge on any atom is -0.307 e. The van der Waals surface area contributed by atoms with E-state index in [-0.39, 0.29) is 6.04 Å². The second-order valence-electron chi connectivity index (χ2n) is 4.84. The van der Waals surface area contributed by atoms with E-state index in [1.54, 1.807) is 0 Å². The van der Waals surface area contributed by atoms with Gasteiger partial charge in [0.1, 0.15) is 0 Å². The van der Waals surface area contributed by atoms with Crippen molar-refractivity contribution in [2.45, 2.75) is 19.5 Å². The van der Waals surface area contributed by atoms with Crippen LogP contribution in [0.25, 0.3) is 10.9 Å². The first-order valence-corrected chi connectivity index (χ1v) is 7.78. The predicted molar refractivity (Wildman–Crippen MR) is 88.2 cm³/mol. The fourth-order valence-electron chi connectivity index (χ4n) is 2.58. The van der Waals surface area contributed by atoms with Crippen LogP contribution in [0.4, 0.5) is 0 Å². The van der Waals surface area contributed by atoms with E-state index in [1.165, 1.54) is 0 Å². The van der Waals surface area contributed by atoms with Gasteiger partial charge >= 0.3 is 0 Å². The van der Waals surface area contributed by atoms with Gasteiger partial charge in [0.25, 0.3) is 0 Å². The number of hydrogen-bond donors (Lipinski definition) is 1. The first-order chi connectivity index (χ1) is 10.2. The molecule has 3 aromatic rings. The summed E-state index contributed by atoms with van der Waals surface area (Å²) < 4.78 is 2.99. The van der Waals surface area contributed by atoms with Crippen molar-refractivity contribution in [3.8, 4) is 0 Å². The van der Waals surface area contributed by atoms with Crippen LogP contribution in [0.15, 0.2) is 47.1 Å². The summed E-state index contributed by atoms with van der Waals surface area (Å²) in [5.74, 6) is 0. The number of aromatic nitrogens is 3. The molecule has 0 bridgehead atoms. The molecule has 4 nitrogen and oxygen atoms in total. The number of rotatable bonds is 4. The summed E-state index contributed by atoms with van der Waals surface area (Å²) in [5.41, 5.74) is 3.10. The number of para-hydroxylation sites is 1. The SMILES string of the molecule is CCn1ncc(Br)c1C(NC)c1ccc2ccccc2n1. The molecule has 1 N–H and O–H groups in total. The maximum Gasteiger partial charge on any atom is 0.0931 e. The molecule has 0 saturated carbocycles. The Kier molecular flexibility index (Phi) is 4.03. The van der Waals surface area contributed by atoms with Crippen LogP contribution in [-0.2, 0) is 6.54 Å². The Bertz CT molecular complexity index is 766. The molecule has 5 heteroatoms. The Morgan fingerprint density at radius 1 is 1.24 bits per heavy atom. The lowest BCUT2D eigenvalue weighted by atomic mass is 10.1. The third kappa shape index (κ3) is 2.59. The van der Waals surface area contributed by atoms with Gasteiger partial charge in [0, 0.05) is 11.9 Å². The van der Waals surface area contributed by atoms with E-state index >= 15 is 0 Å². The van der Waals surface area contributed by atoms with Gasteiger partial charge < -0.3 is 5.32 Å². The van der Waals surface area contributed by atoms with Gasteiger partial charge in [-0.2, -0.15) is 5.10 Å². The Labute approximate surface area is 132 Å². The summed E-state index contributed by atoms with van der Waals surface area (Å²) in [7, 11) is 1.95. The predicted octanol–water partition coefficient (Wildman–Crippen LogP) is 3.52. The van der Waals surface area contributed by atoms with Crippen molar-refractivity contribution in [2.75, 3.05) is 7.05 Å². The molecule has 1 aromatic carbocycles. The highest BCUT2D eigenvalue weighted by Gasteiger charge is 2.21. The summed E-state index contributed by atoms with van der Waals surface area (Å²) in [4.78, 5) is 4.79. The van der Waals surface area contributed by atoms with Crippen LogP contribution in [0.2, 0.25) is 0 Å². The molecule has 0 aliphatic carbocycles. The van der Waals surface area contributed by atoms with Crippen LogP contribution < -0.4 is 5.32 Å². The van der Waals surface area contributed by atoms with Gasteiger partial charge in [-0.25, -0.2) is 0 Å². The van der Waals surface area contributed by atoms with Crippen LogP contribution in [0.5, 0.6) is 0 Å². The first kappa shape index (κ1) is 14.2. The zero-order chi connectivity index (χ0) is 14.8. The number of nitrogens with zero attached hydrogens (tertiary/aromatic N) is 3. The summed E-state index contributed by atoms with van der Waals surface area (Å²) in [6.07, 6.45) is 1.84. The quantitative estimate of drug-likeness (QED) is 0.787. The molecule has 2 heterocycles. The van der Waals surface area contributed by atoms with E-state index in [1.807, 2.05) is 36.1 Å². The third-order valence-corrected chi connectivity index (χ3v) is 4.22. The van der Waals surface area contributed by atoms with Gasteiger partial charge in [-0.3, -0.25) is 9.67 Å². The van der Waals surface area contributed by atoms with E-state index in [2.05, 4.69) is 51.5 Å². The lowest BCUT2D eigenvalue weighted by Gasteiger charge is -2.18. The Morgan fingerprint density at radius 3 is 2.81 bits per heavy atom. The lowest BCUT2D eigenvalue weighted by molar-refractivity contribution is 0.555. The maximum atomic E-state index is 4.79. The van der Waals surface area contributed by atoms with Gasteiger partial charge in [-0.1, -0.05) is 24.3 Å². The van der Waals surface area contributed by atoms with Gasteiger partial charge in [0.05, 0.1) is 33.6 Å². The monoisotopic (exact) mass is 344 g/mol. The molecule has 1 atom stereocenters. The van der Waals surface area contributed by atoms with Crippen LogP contribution in [0, 0.1) is 0 Å². The third-order valence-electron chi connectivity index (χ3n) is 3.61. The Balaban J connectivity index is 2.11. The normalized spacial score (nSPS) is 12.7. The minimum atomic E-state index is 0.00595. The number of aryl methyl sites for hydroxylation is 1. The number of halogens is 1. The van der Waals surface area contributed by atoms with E-state index in [9.17, 15) is 0 Å². The molecule has 0 amide bonds. The van der Waals surface area contributed by atoms with Crippen molar-refractivity contribution >= 4 is 26.8 Å². The Hall–Kier alpha value is -1.72. The highest BCUT2D eigenvalue weighted by molar-refractivity contribution is 9.10. The summed E-state index contributed by atoms with van der Waals surface area (Å²) in [6.45, 7) is 2.91. The molecular formula is C16H17BrN4.